The molecule has 0 amide bonds. The number of benzene rings is 1. The van der Waals surface area contributed by atoms with Crippen molar-refractivity contribution in [1.82, 2.24) is 0 Å². The smallest absolute Gasteiger partial charge is 0.342 e. The van der Waals surface area contributed by atoms with E-state index in [9.17, 15) is 15.0 Å². The molecule has 1 heterocycles. The lowest BCUT2D eigenvalue weighted by Crippen LogP contribution is -2.17. The van der Waals surface area contributed by atoms with Crippen molar-refractivity contribution in [1.29, 1.82) is 0 Å². The first kappa shape index (κ1) is 14.7. The molecule has 0 spiro atoms. The average molecular weight is 278 g/mol. The number of cyclic esters (lactones) is 1. The number of hydrogen-bond donors (Lipinski definition) is 2. The van der Waals surface area contributed by atoms with E-state index in [-0.39, 0.29) is 23.2 Å². The summed E-state index contributed by atoms with van der Waals surface area (Å²) in [7, 11) is 0. The van der Waals surface area contributed by atoms with E-state index >= 15 is 0 Å². The Bertz CT molecular complexity index is 482. The molecule has 0 saturated carbocycles. The van der Waals surface area contributed by atoms with E-state index in [1.807, 2.05) is 6.92 Å². The third-order valence-electron chi connectivity index (χ3n) is 3.75. The molecule has 1 aliphatic heterocycles. The van der Waals surface area contributed by atoms with E-state index in [1.54, 1.807) is 6.07 Å². The van der Waals surface area contributed by atoms with Crippen molar-refractivity contribution in [2.45, 2.75) is 58.0 Å². The molecule has 0 bridgehead atoms. The highest BCUT2D eigenvalue weighted by Crippen LogP contribution is 2.30. The number of aromatic hydroxyl groups is 2. The summed E-state index contributed by atoms with van der Waals surface area (Å²) in [5.41, 5.74) is 0.871. The van der Waals surface area contributed by atoms with Gasteiger partial charge in [0.05, 0.1) is 6.10 Å². The minimum atomic E-state index is -0.495. The molecule has 4 heteroatoms. The van der Waals surface area contributed by atoms with Crippen molar-refractivity contribution >= 4 is 5.97 Å². The topological polar surface area (TPSA) is 66.8 Å². The molecule has 1 atom stereocenters. The molecule has 0 radical (unpaired) electrons. The van der Waals surface area contributed by atoms with Crippen molar-refractivity contribution in [3.63, 3.8) is 0 Å². The lowest BCUT2D eigenvalue weighted by Gasteiger charge is -2.17. The second-order valence-corrected chi connectivity index (χ2v) is 5.52. The van der Waals surface area contributed by atoms with Crippen molar-refractivity contribution in [2.75, 3.05) is 0 Å². The SMILES string of the molecule is CC1CCCCCCCc2cc(O)cc(O)c2C(=O)O1. The summed E-state index contributed by atoms with van der Waals surface area (Å²) in [5, 5.41) is 19.5. The monoisotopic (exact) mass is 278 g/mol. The highest BCUT2D eigenvalue weighted by molar-refractivity contribution is 5.94. The Morgan fingerprint density at radius 3 is 2.60 bits per heavy atom. The molecule has 20 heavy (non-hydrogen) atoms. The standard InChI is InChI=1S/C16H22O4/c1-11-7-5-3-2-4-6-8-12-9-13(17)10-14(18)15(12)16(19)20-11/h9-11,17-18H,2-8H2,1H3. The van der Waals surface area contributed by atoms with Gasteiger partial charge in [-0.25, -0.2) is 4.79 Å². The van der Waals surface area contributed by atoms with Gasteiger partial charge in [-0.05, 0) is 44.2 Å². The van der Waals surface area contributed by atoms with Gasteiger partial charge in [-0.2, -0.15) is 0 Å². The van der Waals surface area contributed by atoms with E-state index in [0.717, 1.165) is 32.1 Å². The number of fused-ring (bicyclic) bond motifs is 1. The lowest BCUT2D eigenvalue weighted by molar-refractivity contribution is 0.0314. The predicted octanol–water partition coefficient (Wildman–Crippen LogP) is 3.54. The number of carbonyl (C=O) groups is 1. The number of esters is 1. The second kappa shape index (κ2) is 6.64. The first-order chi connectivity index (χ1) is 9.58. The predicted molar refractivity (Wildman–Crippen MR) is 76.1 cm³/mol. The summed E-state index contributed by atoms with van der Waals surface area (Å²) in [4.78, 5) is 12.2. The Morgan fingerprint density at radius 1 is 1.10 bits per heavy atom. The summed E-state index contributed by atoms with van der Waals surface area (Å²) in [6.45, 7) is 1.88. The number of carbonyl (C=O) groups excluding carboxylic acids is 1. The summed E-state index contributed by atoms with van der Waals surface area (Å²) in [5.74, 6) is -0.714. The van der Waals surface area contributed by atoms with Crippen LogP contribution in [0.3, 0.4) is 0 Å². The average Bonchev–Trinajstić information content (AvgIpc) is 2.35. The fraction of sp³-hybridized carbons (Fsp3) is 0.562. The van der Waals surface area contributed by atoms with Crippen LogP contribution in [-0.2, 0) is 11.2 Å². The van der Waals surface area contributed by atoms with E-state index in [4.69, 9.17) is 4.74 Å². The fourth-order valence-corrected chi connectivity index (χ4v) is 2.68. The first-order valence-corrected chi connectivity index (χ1v) is 7.34. The third kappa shape index (κ3) is 3.65. The second-order valence-electron chi connectivity index (χ2n) is 5.52. The highest BCUT2D eigenvalue weighted by Gasteiger charge is 2.21. The van der Waals surface area contributed by atoms with Crippen molar-refractivity contribution in [3.8, 4) is 11.5 Å². The van der Waals surface area contributed by atoms with Crippen molar-refractivity contribution in [3.05, 3.63) is 23.3 Å². The van der Waals surface area contributed by atoms with E-state index < -0.39 is 5.97 Å². The summed E-state index contributed by atoms with van der Waals surface area (Å²) in [6, 6.07) is 2.74. The van der Waals surface area contributed by atoms with Crippen LogP contribution in [0.1, 0.15) is 61.4 Å². The van der Waals surface area contributed by atoms with Crippen LogP contribution < -0.4 is 0 Å². The maximum absolute atomic E-state index is 12.2. The van der Waals surface area contributed by atoms with E-state index in [2.05, 4.69) is 0 Å². The van der Waals surface area contributed by atoms with Crippen LogP contribution in [0, 0.1) is 0 Å². The maximum Gasteiger partial charge on any atom is 0.342 e. The van der Waals surface area contributed by atoms with Crippen LogP contribution in [0.25, 0.3) is 0 Å². The molecule has 0 saturated heterocycles. The molecule has 1 aliphatic rings. The fourth-order valence-electron chi connectivity index (χ4n) is 2.68. The molecule has 0 aliphatic carbocycles. The zero-order valence-electron chi connectivity index (χ0n) is 11.9. The number of hydrogen-bond acceptors (Lipinski definition) is 4. The molecule has 1 unspecified atom stereocenters. The van der Waals surface area contributed by atoms with Gasteiger partial charge in [0.25, 0.3) is 0 Å². The Hall–Kier alpha value is -1.71. The van der Waals surface area contributed by atoms with E-state index in [0.29, 0.717) is 12.0 Å². The number of aryl methyl sites for hydroxylation is 1. The van der Waals surface area contributed by atoms with Crippen LogP contribution in [-0.4, -0.2) is 22.3 Å². The molecule has 1 aromatic rings. The Labute approximate surface area is 119 Å². The molecule has 4 nitrogen and oxygen atoms in total. The Kier molecular flexibility index (Phi) is 4.88. The summed E-state index contributed by atoms with van der Waals surface area (Å²) >= 11 is 0. The first-order valence-electron chi connectivity index (χ1n) is 7.34. The van der Waals surface area contributed by atoms with Gasteiger partial charge < -0.3 is 14.9 Å². The van der Waals surface area contributed by atoms with Gasteiger partial charge in [-0.1, -0.05) is 19.3 Å². The minimum Gasteiger partial charge on any atom is -0.508 e. The number of ether oxygens (including phenoxy) is 1. The maximum atomic E-state index is 12.2. The Balaban J connectivity index is 2.31. The van der Waals surface area contributed by atoms with Gasteiger partial charge in [0, 0.05) is 6.07 Å². The molecule has 2 N–H and O–H groups in total. The number of phenols is 2. The van der Waals surface area contributed by atoms with Crippen LogP contribution in [0.5, 0.6) is 11.5 Å². The summed E-state index contributed by atoms with van der Waals surface area (Å²) < 4.78 is 5.39. The van der Waals surface area contributed by atoms with Crippen molar-refractivity contribution in [2.24, 2.45) is 0 Å². The van der Waals surface area contributed by atoms with Gasteiger partial charge in [0.1, 0.15) is 17.1 Å². The number of phenolic OH excluding ortho intramolecular Hbond substituents is 2. The van der Waals surface area contributed by atoms with Crippen LogP contribution in [0.2, 0.25) is 0 Å². The van der Waals surface area contributed by atoms with Gasteiger partial charge in [0.15, 0.2) is 0 Å². The van der Waals surface area contributed by atoms with Gasteiger partial charge in [-0.3, -0.25) is 0 Å². The van der Waals surface area contributed by atoms with Gasteiger partial charge in [0.2, 0.25) is 0 Å². The molecule has 0 aromatic heterocycles. The molecule has 2 rings (SSSR count). The van der Waals surface area contributed by atoms with Crippen LogP contribution in [0.15, 0.2) is 12.1 Å². The Morgan fingerprint density at radius 2 is 1.80 bits per heavy atom. The zero-order valence-corrected chi connectivity index (χ0v) is 11.9. The zero-order chi connectivity index (χ0) is 14.5. The minimum absolute atomic E-state index is 0.0193. The molecular weight excluding hydrogens is 256 g/mol. The largest absolute Gasteiger partial charge is 0.508 e. The van der Waals surface area contributed by atoms with Gasteiger partial charge in [-0.15, -0.1) is 0 Å². The molecular formula is C16H22O4. The quantitative estimate of drug-likeness (QED) is 0.712. The van der Waals surface area contributed by atoms with Crippen LogP contribution >= 0.6 is 0 Å². The number of rotatable bonds is 0. The van der Waals surface area contributed by atoms with Crippen LogP contribution in [0.4, 0.5) is 0 Å². The normalized spacial score (nSPS) is 21.2. The highest BCUT2D eigenvalue weighted by atomic mass is 16.5. The molecule has 1 aromatic carbocycles. The molecule has 0 fully saturated rings. The van der Waals surface area contributed by atoms with Crippen molar-refractivity contribution < 1.29 is 19.7 Å². The summed E-state index contributed by atoms with van der Waals surface area (Å²) in [6.07, 6.45) is 6.78. The lowest BCUT2D eigenvalue weighted by atomic mass is 9.98. The van der Waals surface area contributed by atoms with E-state index in [1.165, 1.54) is 12.5 Å². The molecule has 110 valence electrons. The van der Waals surface area contributed by atoms with Gasteiger partial charge >= 0.3 is 5.97 Å². The third-order valence-corrected chi connectivity index (χ3v) is 3.75.